The van der Waals surface area contributed by atoms with Crippen LogP contribution in [0.3, 0.4) is 0 Å². The molecule has 0 bridgehead atoms. The van der Waals surface area contributed by atoms with Crippen molar-refractivity contribution in [3.8, 4) is 0 Å². The van der Waals surface area contributed by atoms with Crippen LogP contribution in [0.25, 0.3) is 0 Å². The fourth-order valence-electron chi connectivity index (χ4n) is 1.20. The second-order valence-corrected chi connectivity index (χ2v) is 2.85. The Morgan fingerprint density at radius 1 is 1.21 bits per heavy atom. The molecule has 0 aliphatic carbocycles. The number of para-hydroxylation sites is 1. The number of benzene rings is 1. The molecule has 1 aromatic carbocycles. The minimum absolute atomic E-state index is 0.658. The molecule has 1 heterocycles. The second-order valence-electron chi connectivity index (χ2n) is 2.85. The van der Waals surface area contributed by atoms with Crippen molar-refractivity contribution in [3.63, 3.8) is 0 Å². The number of rotatable bonds is 0. The molecule has 0 unspecified atom stereocenters. The topological polar surface area (TPSA) is 21.3 Å². The average Bonchev–Trinajstić information content (AvgIpc) is 2.45. The Morgan fingerprint density at radius 2 is 1.93 bits per heavy atom. The smallest absolute Gasteiger partial charge is 0.115 e. The maximum atomic E-state index is 5.43. The van der Waals surface area contributed by atoms with Gasteiger partial charge in [-0.2, -0.15) is 0 Å². The quantitative estimate of drug-likeness (QED) is 0.677. The summed E-state index contributed by atoms with van der Waals surface area (Å²) in [7, 11) is 0. The van der Waals surface area contributed by atoms with Crippen LogP contribution in [0.1, 0.15) is 26.3 Å². The van der Waals surface area contributed by atoms with Crippen LogP contribution in [-0.2, 0) is 11.3 Å². The van der Waals surface area contributed by atoms with E-state index < -0.39 is 0 Å². The Hall–Kier alpha value is -1.44. The normalized spacial score (nSPS) is 13.2. The van der Waals surface area contributed by atoms with Gasteiger partial charge in [0.15, 0.2) is 0 Å². The van der Waals surface area contributed by atoms with Crippen LogP contribution in [0.15, 0.2) is 36.2 Å². The second kappa shape index (κ2) is 5.32. The Bertz CT molecular complexity index is 318. The van der Waals surface area contributed by atoms with Crippen LogP contribution in [0.5, 0.6) is 0 Å². The first kappa shape index (κ1) is 10.6. The lowest BCUT2D eigenvalue weighted by Crippen LogP contribution is -1.90. The van der Waals surface area contributed by atoms with Gasteiger partial charge < -0.3 is 10.1 Å². The van der Waals surface area contributed by atoms with E-state index in [2.05, 4.69) is 11.4 Å². The summed E-state index contributed by atoms with van der Waals surface area (Å²) < 4.78 is 5.43. The van der Waals surface area contributed by atoms with Crippen LogP contribution in [0.4, 0.5) is 5.69 Å². The van der Waals surface area contributed by atoms with E-state index in [1.54, 1.807) is 0 Å². The van der Waals surface area contributed by atoms with Gasteiger partial charge in [0.25, 0.3) is 0 Å². The van der Waals surface area contributed by atoms with Gasteiger partial charge in [-0.05, 0) is 13.0 Å². The van der Waals surface area contributed by atoms with Gasteiger partial charge in [0.1, 0.15) is 12.4 Å². The molecule has 1 aromatic rings. The molecule has 0 spiro atoms. The monoisotopic (exact) mass is 191 g/mol. The van der Waals surface area contributed by atoms with Crippen molar-refractivity contribution < 1.29 is 4.74 Å². The molecule has 2 nitrogen and oxygen atoms in total. The van der Waals surface area contributed by atoms with Gasteiger partial charge in [-0.15, -0.1) is 0 Å². The molecule has 0 amide bonds. The van der Waals surface area contributed by atoms with E-state index in [0.717, 1.165) is 11.4 Å². The molecule has 0 aromatic heterocycles. The lowest BCUT2D eigenvalue weighted by Gasteiger charge is -2.04. The summed E-state index contributed by atoms with van der Waals surface area (Å²) >= 11 is 0. The number of anilines is 1. The summed E-state index contributed by atoms with van der Waals surface area (Å²) in [6.07, 6.45) is 1.88. The number of hydrogen-bond donors (Lipinski definition) is 1. The highest BCUT2D eigenvalue weighted by atomic mass is 16.5. The predicted octanol–water partition coefficient (Wildman–Crippen LogP) is 3.52. The SMILES string of the molecule is CC.CC1=CNc2ccccc2CO1. The first-order chi connectivity index (χ1) is 6.86. The van der Waals surface area contributed by atoms with E-state index in [-0.39, 0.29) is 0 Å². The van der Waals surface area contributed by atoms with Crippen LogP contribution in [0.2, 0.25) is 0 Å². The van der Waals surface area contributed by atoms with Crippen LogP contribution >= 0.6 is 0 Å². The molecule has 0 saturated heterocycles. The fraction of sp³-hybridized carbons (Fsp3) is 0.333. The minimum Gasteiger partial charge on any atom is -0.492 e. The average molecular weight is 191 g/mol. The van der Waals surface area contributed by atoms with Crippen molar-refractivity contribution in [2.24, 2.45) is 0 Å². The zero-order valence-electron chi connectivity index (χ0n) is 9.00. The number of allylic oxidation sites excluding steroid dienone is 1. The minimum atomic E-state index is 0.658. The Balaban J connectivity index is 0.000000461. The van der Waals surface area contributed by atoms with Gasteiger partial charge in [0.05, 0.1) is 0 Å². The standard InChI is InChI=1S/C10H11NO.C2H6/c1-8-6-11-10-5-3-2-4-9(10)7-12-8;1-2/h2-6,11H,7H2,1H3;1-2H3. The van der Waals surface area contributed by atoms with Crippen LogP contribution < -0.4 is 5.32 Å². The third-order valence-corrected chi connectivity index (χ3v) is 1.90. The van der Waals surface area contributed by atoms with Crippen molar-refractivity contribution in [3.05, 3.63) is 41.8 Å². The van der Waals surface area contributed by atoms with Crippen molar-refractivity contribution in [1.29, 1.82) is 0 Å². The van der Waals surface area contributed by atoms with Gasteiger partial charge in [0.2, 0.25) is 0 Å². The number of nitrogens with one attached hydrogen (secondary N) is 1. The lowest BCUT2D eigenvalue weighted by atomic mass is 10.2. The summed E-state index contributed by atoms with van der Waals surface area (Å²) in [5, 5.41) is 3.19. The van der Waals surface area contributed by atoms with E-state index in [4.69, 9.17) is 4.74 Å². The molecule has 76 valence electrons. The summed E-state index contributed by atoms with van der Waals surface area (Å²) in [5.74, 6) is 0.922. The summed E-state index contributed by atoms with van der Waals surface area (Å²) in [6.45, 7) is 6.60. The van der Waals surface area contributed by atoms with E-state index >= 15 is 0 Å². The maximum absolute atomic E-state index is 5.43. The largest absolute Gasteiger partial charge is 0.492 e. The molecule has 0 fully saturated rings. The van der Waals surface area contributed by atoms with E-state index in [1.165, 1.54) is 5.56 Å². The number of fused-ring (bicyclic) bond motifs is 1. The molecule has 0 atom stereocenters. The van der Waals surface area contributed by atoms with Gasteiger partial charge in [0, 0.05) is 17.5 Å². The third-order valence-electron chi connectivity index (χ3n) is 1.90. The highest BCUT2D eigenvalue weighted by Crippen LogP contribution is 2.20. The fourth-order valence-corrected chi connectivity index (χ4v) is 1.20. The first-order valence-electron chi connectivity index (χ1n) is 5.00. The molecular weight excluding hydrogens is 174 g/mol. The van der Waals surface area contributed by atoms with Crippen molar-refractivity contribution in [1.82, 2.24) is 0 Å². The Kier molecular flexibility index (Phi) is 4.05. The zero-order valence-corrected chi connectivity index (χ0v) is 9.00. The van der Waals surface area contributed by atoms with Gasteiger partial charge in [-0.25, -0.2) is 0 Å². The van der Waals surface area contributed by atoms with Crippen molar-refractivity contribution >= 4 is 5.69 Å². The zero-order chi connectivity index (χ0) is 10.4. The highest BCUT2D eigenvalue weighted by Gasteiger charge is 2.04. The molecule has 2 heteroatoms. The molecule has 1 N–H and O–H groups in total. The molecule has 0 saturated carbocycles. The Labute approximate surface area is 85.6 Å². The third kappa shape index (κ3) is 2.52. The van der Waals surface area contributed by atoms with Gasteiger partial charge >= 0.3 is 0 Å². The van der Waals surface area contributed by atoms with Gasteiger partial charge in [-0.3, -0.25) is 0 Å². The summed E-state index contributed by atoms with van der Waals surface area (Å²) in [6, 6.07) is 8.15. The van der Waals surface area contributed by atoms with Crippen molar-refractivity contribution in [2.75, 3.05) is 5.32 Å². The molecule has 1 aliphatic rings. The summed E-state index contributed by atoms with van der Waals surface area (Å²) in [4.78, 5) is 0. The molecule has 2 rings (SSSR count). The maximum Gasteiger partial charge on any atom is 0.115 e. The van der Waals surface area contributed by atoms with Crippen LogP contribution in [0, 0.1) is 0 Å². The van der Waals surface area contributed by atoms with E-state index in [1.807, 2.05) is 45.2 Å². The van der Waals surface area contributed by atoms with Crippen LogP contribution in [-0.4, -0.2) is 0 Å². The highest BCUT2D eigenvalue weighted by molar-refractivity contribution is 5.53. The molecule has 14 heavy (non-hydrogen) atoms. The molecule has 0 radical (unpaired) electrons. The molecule has 1 aliphatic heterocycles. The lowest BCUT2D eigenvalue weighted by molar-refractivity contribution is 0.203. The van der Waals surface area contributed by atoms with Gasteiger partial charge in [-0.1, -0.05) is 32.0 Å². The van der Waals surface area contributed by atoms with E-state index in [0.29, 0.717) is 6.61 Å². The number of hydrogen-bond acceptors (Lipinski definition) is 2. The predicted molar refractivity (Wildman–Crippen MR) is 60.0 cm³/mol. The van der Waals surface area contributed by atoms with E-state index in [9.17, 15) is 0 Å². The Morgan fingerprint density at radius 3 is 2.71 bits per heavy atom. The first-order valence-corrected chi connectivity index (χ1v) is 5.00. The number of ether oxygens (including phenoxy) is 1. The summed E-state index contributed by atoms with van der Waals surface area (Å²) in [5.41, 5.74) is 2.33. The van der Waals surface area contributed by atoms with Crippen molar-refractivity contribution in [2.45, 2.75) is 27.4 Å². The molecular formula is C12H17NO.